The highest BCUT2D eigenvalue weighted by atomic mass is 35.5. The van der Waals surface area contributed by atoms with Gasteiger partial charge in [0.15, 0.2) is 0 Å². The van der Waals surface area contributed by atoms with Crippen molar-refractivity contribution in [3.8, 4) is 0 Å². The van der Waals surface area contributed by atoms with Crippen LogP contribution in [0.5, 0.6) is 0 Å². The third-order valence-corrected chi connectivity index (χ3v) is 5.55. The second kappa shape index (κ2) is 9.55. The van der Waals surface area contributed by atoms with Crippen LogP contribution in [0.2, 0.25) is 10.0 Å². The van der Waals surface area contributed by atoms with Crippen LogP contribution >= 0.6 is 23.2 Å². The molecule has 0 spiro atoms. The van der Waals surface area contributed by atoms with Gasteiger partial charge in [-0.15, -0.1) is 0 Å². The predicted molar refractivity (Wildman–Crippen MR) is 122 cm³/mol. The highest BCUT2D eigenvalue weighted by Crippen LogP contribution is 2.28. The molecule has 0 unspecified atom stereocenters. The first-order valence-corrected chi connectivity index (χ1v) is 10.5. The summed E-state index contributed by atoms with van der Waals surface area (Å²) < 4.78 is 2.62. The van der Waals surface area contributed by atoms with Crippen molar-refractivity contribution in [3.63, 3.8) is 0 Å². The maximum Gasteiger partial charge on any atom is 0.311 e. The first-order valence-electron chi connectivity index (χ1n) is 9.79. The third kappa shape index (κ3) is 4.66. The Hall–Kier alpha value is -3.51. The average Bonchev–Trinajstić information content (AvgIpc) is 3.21. The van der Waals surface area contributed by atoms with Crippen molar-refractivity contribution >= 4 is 52.3 Å². The normalized spacial score (nSPS) is 10.8. The number of anilines is 2. The number of halogens is 2. The van der Waals surface area contributed by atoms with Gasteiger partial charge in [-0.05, 0) is 18.9 Å². The van der Waals surface area contributed by atoms with Crippen LogP contribution in [0.3, 0.4) is 0 Å². The topological polar surface area (TPSA) is 150 Å². The van der Waals surface area contributed by atoms with Gasteiger partial charge in [-0.1, -0.05) is 37.0 Å². The van der Waals surface area contributed by atoms with Crippen molar-refractivity contribution in [2.45, 2.75) is 26.7 Å². The lowest BCUT2D eigenvalue weighted by atomic mass is 10.2. The van der Waals surface area contributed by atoms with Gasteiger partial charge in [0.2, 0.25) is 5.82 Å². The molecule has 0 radical (unpaired) electrons. The van der Waals surface area contributed by atoms with Crippen molar-refractivity contribution in [2.75, 3.05) is 10.6 Å². The molecule has 3 heterocycles. The zero-order valence-corrected chi connectivity index (χ0v) is 19.7. The highest BCUT2D eigenvalue weighted by Gasteiger charge is 2.25. The Morgan fingerprint density at radius 3 is 1.88 bits per heavy atom. The number of nitrogens with zero attached hydrogens (tertiary/aromatic N) is 6. The minimum absolute atomic E-state index is 0.0211. The Labute approximate surface area is 198 Å². The zero-order chi connectivity index (χ0) is 24.4. The Morgan fingerprint density at radius 1 is 0.970 bits per heavy atom. The van der Waals surface area contributed by atoms with Crippen LogP contribution in [0.15, 0.2) is 12.1 Å². The van der Waals surface area contributed by atoms with E-state index in [-0.39, 0.29) is 33.1 Å². The van der Waals surface area contributed by atoms with Gasteiger partial charge in [-0.25, -0.2) is 4.98 Å². The monoisotopic (exact) mass is 494 g/mol. The van der Waals surface area contributed by atoms with Crippen LogP contribution in [-0.2, 0) is 26.9 Å². The van der Waals surface area contributed by atoms with Gasteiger partial charge in [-0.2, -0.15) is 10.2 Å². The molecule has 0 aliphatic rings. The molecule has 3 aromatic rings. The lowest BCUT2D eigenvalue weighted by molar-refractivity contribution is -0.384. The quantitative estimate of drug-likeness (QED) is 0.377. The molecule has 14 heteroatoms. The van der Waals surface area contributed by atoms with Gasteiger partial charge in [0.05, 0.1) is 26.4 Å². The lowest BCUT2D eigenvalue weighted by Crippen LogP contribution is -2.20. The molecule has 3 rings (SSSR count). The summed E-state index contributed by atoms with van der Waals surface area (Å²) in [5.41, 5.74) is 0.712. The molecule has 0 atom stereocenters. The third-order valence-electron chi connectivity index (χ3n) is 4.76. The Kier molecular flexibility index (Phi) is 6.98. The van der Waals surface area contributed by atoms with E-state index in [0.717, 1.165) is 6.07 Å². The minimum Gasteiger partial charge on any atom is -0.305 e. The van der Waals surface area contributed by atoms with E-state index >= 15 is 0 Å². The van der Waals surface area contributed by atoms with Crippen molar-refractivity contribution < 1.29 is 14.5 Å². The molecule has 0 aliphatic heterocycles. The number of carbonyl (C=O) groups excluding carboxylic acids is 2. The number of hydrogen-bond donors (Lipinski definition) is 2. The van der Waals surface area contributed by atoms with Crippen molar-refractivity contribution in [1.29, 1.82) is 0 Å². The maximum absolute atomic E-state index is 12.8. The molecule has 0 aromatic carbocycles. The number of carbonyl (C=O) groups is 2. The van der Waals surface area contributed by atoms with Gasteiger partial charge in [0.25, 0.3) is 11.8 Å². The van der Waals surface area contributed by atoms with Gasteiger partial charge in [0.1, 0.15) is 17.2 Å². The first kappa shape index (κ1) is 24.1. The zero-order valence-electron chi connectivity index (χ0n) is 18.1. The fraction of sp³-hybridized carbons (Fsp3) is 0.316. The van der Waals surface area contributed by atoms with E-state index < -0.39 is 22.4 Å². The first-order chi connectivity index (χ1) is 15.6. The van der Waals surface area contributed by atoms with Crippen molar-refractivity contribution in [3.05, 3.63) is 55.1 Å². The molecule has 0 saturated carbocycles. The lowest BCUT2D eigenvalue weighted by Gasteiger charge is -2.09. The van der Waals surface area contributed by atoms with Crippen LogP contribution in [0.4, 0.5) is 17.3 Å². The van der Waals surface area contributed by atoms with E-state index in [1.165, 1.54) is 22.5 Å². The van der Waals surface area contributed by atoms with Crippen molar-refractivity contribution in [1.82, 2.24) is 24.5 Å². The standard InChI is InChI=1S/C19H20Cl2N8O4/c1-5-9-13(20)15(27(3)25-9)18(30)23-12-8-7-11(29(32)33)17(22-12)24-19(31)16-14(21)10(6-2)26-28(16)4/h7-8H,5-6H2,1-4H3,(H2,22,23,24,30,31). The van der Waals surface area contributed by atoms with Crippen molar-refractivity contribution in [2.24, 2.45) is 14.1 Å². The van der Waals surface area contributed by atoms with E-state index in [0.29, 0.717) is 24.2 Å². The smallest absolute Gasteiger partial charge is 0.305 e. The fourth-order valence-electron chi connectivity index (χ4n) is 3.16. The summed E-state index contributed by atoms with van der Waals surface area (Å²) in [4.78, 5) is 40.3. The largest absolute Gasteiger partial charge is 0.311 e. The number of hydrogen-bond acceptors (Lipinski definition) is 7. The Bertz CT molecular complexity index is 1270. The predicted octanol–water partition coefficient (Wildman–Crippen LogP) is 3.39. The number of nitro groups is 1. The molecular formula is C19H20Cl2N8O4. The van der Waals surface area contributed by atoms with Gasteiger partial charge in [0, 0.05) is 20.2 Å². The average molecular weight is 495 g/mol. The number of amides is 2. The summed E-state index contributed by atoms with van der Waals surface area (Å²) in [6.45, 7) is 3.67. The van der Waals surface area contributed by atoms with Crippen LogP contribution in [-0.4, -0.2) is 41.3 Å². The molecule has 2 amide bonds. The summed E-state index contributed by atoms with van der Waals surface area (Å²) >= 11 is 12.5. The number of aromatic nitrogens is 5. The van der Waals surface area contributed by atoms with E-state index in [9.17, 15) is 19.7 Å². The molecule has 0 bridgehead atoms. The summed E-state index contributed by atoms with van der Waals surface area (Å²) in [6.07, 6.45) is 1.03. The molecule has 12 nitrogen and oxygen atoms in total. The summed E-state index contributed by atoms with van der Waals surface area (Å²) in [5, 5.41) is 25.0. The highest BCUT2D eigenvalue weighted by molar-refractivity contribution is 6.35. The molecule has 0 saturated heterocycles. The molecular weight excluding hydrogens is 475 g/mol. The number of nitrogens with one attached hydrogen (secondary N) is 2. The number of rotatable bonds is 7. The molecule has 0 fully saturated rings. The van der Waals surface area contributed by atoms with Crippen LogP contribution in [0.25, 0.3) is 0 Å². The summed E-state index contributed by atoms with van der Waals surface area (Å²) in [6, 6.07) is 2.35. The maximum atomic E-state index is 12.8. The summed E-state index contributed by atoms with van der Waals surface area (Å²) in [7, 11) is 3.09. The van der Waals surface area contributed by atoms with Crippen LogP contribution in [0.1, 0.15) is 46.2 Å². The molecule has 3 aromatic heterocycles. The summed E-state index contributed by atoms with van der Waals surface area (Å²) in [5.74, 6) is -1.77. The van der Waals surface area contributed by atoms with E-state index in [4.69, 9.17) is 23.2 Å². The molecule has 2 N–H and O–H groups in total. The number of pyridine rings is 1. The molecule has 0 aliphatic carbocycles. The van der Waals surface area contributed by atoms with E-state index in [2.05, 4.69) is 25.8 Å². The van der Waals surface area contributed by atoms with Crippen LogP contribution in [0, 0.1) is 10.1 Å². The van der Waals surface area contributed by atoms with Crippen LogP contribution < -0.4 is 10.6 Å². The fourth-order valence-corrected chi connectivity index (χ4v) is 3.91. The van der Waals surface area contributed by atoms with Gasteiger partial charge >= 0.3 is 5.69 Å². The minimum atomic E-state index is -0.740. The van der Waals surface area contributed by atoms with Gasteiger partial charge < -0.3 is 5.32 Å². The SMILES string of the molecule is CCc1nn(C)c(C(=O)Nc2ccc([N+](=O)[O-])c(NC(=O)c3c(Cl)c(CC)nn3C)n2)c1Cl. The van der Waals surface area contributed by atoms with E-state index in [1.807, 2.05) is 13.8 Å². The van der Waals surface area contributed by atoms with E-state index in [1.54, 1.807) is 7.05 Å². The van der Waals surface area contributed by atoms with Gasteiger partial charge in [-0.3, -0.25) is 34.4 Å². The Morgan fingerprint density at radius 2 is 1.45 bits per heavy atom. The number of aryl methyl sites for hydroxylation is 4. The second-order valence-corrected chi connectivity index (χ2v) is 7.66. The molecule has 33 heavy (non-hydrogen) atoms. The second-order valence-electron chi connectivity index (χ2n) is 6.90. The Balaban J connectivity index is 1.93. The molecule has 174 valence electrons.